The van der Waals surface area contributed by atoms with E-state index < -0.39 is 11.9 Å². The number of nitrogens with zero attached hydrogens (tertiary/aromatic N) is 1. The summed E-state index contributed by atoms with van der Waals surface area (Å²) >= 11 is 0. The first-order chi connectivity index (χ1) is 9.84. The van der Waals surface area contributed by atoms with E-state index in [0.29, 0.717) is 0 Å². The molecule has 21 heavy (non-hydrogen) atoms. The first-order valence-corrected chi connectivity index (χ1v) is 7.19. The summed E-state index contributed by atoms with van der Waals surface area (Å²) in [6.07, 6.45) is 5.49. The van der Waals surface area contributed by atoms with Crippen molar-refractivity contribution in [1.82, 2.24) is 10.4 Å². The number of hydrogen-bond acceptors (Lipinski definition) is 5. The van der Waals surface area contributed by atoms with Crippen LogP contribution in [0.4, 0.5) is 0 Å². The fraction of sp³-hybridized carbons (Fsp3) is 0.786. The molecule has 2 atom stereocenters. The van der Waals surface area contributed by atoms with Gasteiger partial charge in [0, 0.05) is 12.6 Å². The van der Waals surface area contributed by atoms with E-state index in [1.54, 1.807) is 7.05 Å². The molecule has 2 N–H and O–H groups in total. The van der Waals surface area contributed by atoms with Gasteiger partial charge in [0.15, 0.2) is 5.92 Å². The average molecular weight is 300 g/mol. The van der Waals surface area contributed by atoms with E-state index in [1.165, 1.54) is 11.5 Å². The molecular formula is C14H24N2O5. The molecule has 2 unspecified atom stereocenters. The summed E-state index contributed by atoms with van der Waals surface area (Å²) in [5.41, 5.74) is -0.156. The lowest BCUT2D eigenvalue weighted by Gasteiger charge is -2.35. The lowest BCUT2D eigenvalue weighted by Crippen LogP contribution is -2.51. The first kappa shape index (κ1) is 17.4. The molecule has 1 saturated carbocycles. The highest BCUT2D eigenvalue weighted by Crippen LogP contribution is 2.29. The number of carboxylic acid groups (broad SMARTS) is 1. The van der Waals surface area contributed by atoms with E-state index in [1.807, 2.05) is 6.92 Å². The molecule has 1 aliphatic carbocycles. The molecule has 0 bridgehead atoms. The molecule has 0 aromatic rings. The predicted octanol–water partition coefficient (Wildman–Crippen LogP) is 0.934. The molecule has 0 spiro atoms. The Morgan fingerprint density at radius 3 is 2.38 bits per heavy atom. The summed E-state index contributed by atoms with van der Waals surface area (Å²) < 4.78 is 0. The largest absolute Gasteiger partial charge is 0.483 e. The quantitative estimate of drug-likeness (QED) is 0.582. The zero-order chi connectivity index (χ0) is 16.0. The maximum Gasteiger partial charge on any atom is 0.339 e. The highest BCUT2D eigenvalue weighted by Gasteiger charge is 2.45. The fourth-order valence-corrected chi connectivity index (χ4v) is 2.85. The van der Waals surface area contributed by atoms with Crippen molar-refractivity contribution in [2.24, 2.45) is 5.92 Å². The average Bonchev–Trinajstić information content (AvgIpc) is 2.64. The zero-order valence-electron chi connectivity index (χ0n) is 12.8. The Morgan fingerprint density at radius 1 is 1.43 bits per heavy atom. The van der Waals surface area contributed by atoms with Crippen molar-refractivity contribution in [3.05, 3.63) is 0 Å². The van der Waals surface area contributed by atoms with Crippen LogP contribution >= 0.6 is 0 Å². The van der Waals surface area contributed by atoms with E-state index in [4.69, 9.17) is 14.7 Å². The second-order valence-electron chi connectivity index (χ2n) is 5.89. The highest BCUT2D eigenvalue weighted by atomic mass is 16.7. The van der Waals surface area contributed by atoms with Crippen LogP contribution in [0.25, 0.3) is 0 Å². The summed E-state index contributed by atoms with van der Waals surface area (Å²) in [6, 6.07) is -0.204. The molecule has 0 aromatic heterocycles. The highest BCUT2D eigenvalue weighted by molar-refractivity contribution is 5.99. The summed E-state index contributed by atoms with van der Waals surface area (Å²) in [4.78, 5) is 37.2. The number of carbonyl (C=O) groups is 3. The number of nitrogens with one attached hydrogen (secondary N) is 1. The summed E-state index contributed by atoms with van der Waals surface area (Å²) in [7, 11) is 1.68. The molecule has 0 radical (unpaired) electrons. The monoisotopic (exact) mass is 300 g/mol. The van der Waals surface area contributed by atoms with Crippen molar-refractivity contribution in [1.29, 1.82) is 0 Å². The van der Waals surface area contributed by atoms with Crippen LogP contribution < -0.4 is 5.32 Å². The van der Waals surface area contributed by atoms with Gasteiger partial charge in [0.25, 0.3) is 6.47 Å². The molecule has 0 aromatic carbocycles. The van der Waals surface area contributed by atoms with Crippen molar-refractivity contribution in [3.8, 4) is 0 Å². The maximum atomic E-state index is 12.2. The van der Waals surface area contributed by atoms with Gasteiger partial charge < -0.3 is 15.3 Å². The SMILES string of the molecule is CC1C(C(=O)NC2(C)CCCCC2)C(=O)ON1C.O=CO. The Bertz CT molecular complexity index is 393. The number of hydroxylamine groups is 2. The second kappa shape index (κ2) is 7.40. The lowest BCUT2D eigenvalue weighted by molar-refractivity contribution is -0.169. The van der Waals surface area contributed by atoms with Crippen LogP contribution in [0.1, 0.15) is 46.0 Å². The number of amides is 1. The van der Waals surface area contributed by atoms with E-state index in [9.17, 15) is 9.59 Å². The summed E-state index contributed by atoms with van der Waals surface area (Å²) in [5.74, 6) is -1.34. The van der Waals surface area contributed by atoms with Crippen LogP contribution in [-0.4, -0.2) is 47.1 Å². The standard InChI is InChI=1S/C13H22N2O3.CH2O2/c1-9-10(12(17)18-15(9)3)11(16)14-13(2)7-5-4-6-8-13;2-1-3/h9-10H,4-8H2,1-3H3,(H,14,16);1H,(H,2,3). The number of carbonyl (C=O) groups excluding carboxylic acids is 2. The van der Waals surface area contributed by atoms with Crippen molar-refractivity contribution >= 4 is 18.3 Å². The topological polar surface area (TPSA) is 95.9 Å². The number of hydrogen-bond donors (Lipinski definition) is 2. The van der Waals surface area contributed by atoms with Gasteiger partial charge in [-0.1, -0.05) is 19.3 Å². The Hall–Kier alpha value is -1.63. The molecule has 1 saturated heterocycles. The Balaban J connectivity index is 0.000000677. The van der Waals surface area contributed by atoms with Crippen LogP contribution in [0.15, 0.2) is 0 Å². The molecule has 1 heterocycles. The van der Waals surface area contributed by atoms with Crippen molar-refractivity contribution in [2.45, 2.75) is 57.5 Å². The van der Waals surface area contributed by atoms with Gasteiger partial charge in [-0.2, -0.15) is 0 Å². The molecule has 7 nitrogen and oxygen atoms in total. The normalized spacial score (nSPS) is 28.0. The van der Waals surface area contributed by atoms with Gasteiger partial charge in [0.2, 0.25) is 5.91 Å². The van der Waals surface area contributed by atoms with Crippen molar-refractivity contribution < 1.29 is 24.3 Å². The Kier molecular flexibility index (Phi) is 6.14. The third-order valence-corrected chi connectivity index (χ3v) is 4.21. The number of rotatable bonds is 2. The van der Waals surface area contributed by atoms with E-state index >= 15 is 0 Å². The smallest absolute Gasteiger partial charge is 0.339 e. The van der Waals surface area contributed by atoms with E-state index in [0.717, 1.165) is 25.7 Å². The minimum Gasteiger partial charge on any atom is -0.483 e. The predicted molar refractivity (Wildman–Crippen MR) is 75.1 cm³/mol. The van der Waals surface area contributed by atoms with Gasteiger partial charge in [-0.3, -0.25) is 9.59 Å². The van der Waals surface area contributed by atoms with Crippen LogP contribution in [0, 0.1) is 5.92 Å². The molecule has 120 valence electrons. The molecule has 1 aliphatic heterocycles. The minimum absolute atomic E-state index is 0.156. The Morgan fingerprint density at radius 2 is 1.95 bits per heavy atom. The second-order valence-corrected chi connectivity index (χ2v) is 5.89. The van der Waals surface area contributed by atoms with Crippen LogP contribution in [0.2, 0.25) is 0 Å². The first-order valence-electron chi connectivity index (χ1n) is 7.19. The van der Waals surface area contributed by atoms with Crippen LogP contribution in [0.5, 0.6) is 0 Å². The lowest BCUT2D eigenvalue weighted by atomic mass is 9.82. The molecule has 7 heteroatoms. The zero-order valence-corrected chi connectivity index (χ0v) is 12.8. The van der Waals surface area contributed by atoms with Gasteiger partial charge >= 0.3 is 5.97 Å². The van der Waals surface area contributed by atoms with Crippen molar-refractivity contribution in [3.63, 3.8) is 0 Å². The summed E-state index contributed by atoms with van der Waals surface area (Å²) in [6.45, 7) is 3.65. The van der Waals surface area contributed by atoms with Crippen LogP contribution in [-0.2, 0) is 19.2 Å². The van der Waals surface area contributed by atoms with E-state index in [2.05, 4.69) is 12.2 Å². The van der Waals surface area contributed by atoms with Crippen molar-refractivity contribution in [2.75, 3.05) is 7.05 Å². The van der Waals surface area contributed by atoms with Crippen LogP contribution in [0.3, 0.4) is 0 Å². The third kappa shape index (κ3) is 4.42. The van der Waals surface area contributed by atoms with Gasteiger partial charge in [-0.25, -0.2) is 4.79 Å². The fourth-order valence-electron chi connectivity index (χ4n) is 2.85. The molecule has 2 fully saturated rings. The van der Waals surface area contributed by atoms with Gasteiger partial charge in [0.1, 0.15) is 0 Å². The maximum absolute atomic E-state index is 12.2. The van der Waals surface area contributed by atoms with Gasteiger partial charge in [0.05, 0.1) is 6.04 Å². The Labute approximate surface area is 124 Å². The third-order valence-electron chi connectivity index (χ3n) is 4.21. The molecule has 1 amide bonds. The minimum atomic E-state index is -0.700. The van der Waals surface area contributed by atoms with Gasteiger partial charge in [-0.05, 0) is 26.7 Å². The molecule has 2 rings (SSSR count). The summed E-state index contributed by atoms with van der Waals surface area (Å²) in [5, 5.41) is 11.4. The van der Waals surface area contributed by atoms with E-state index in [-0.39, 0.29) is 24.0 Å². The molecular weight excluding hydrogens is 276 g/mol. The molecule has 2 aliphatic rings. The van der Waals surface area contributed by atoms with Gasteiger partial charge in [-0.15, -0.1) is 5.06 Å².